The molecule has 1 aliphatic rings. The maximum absolute atomic E-state index is 12.5. The smallest absolute Gasteiger partial charge is 0.289 e. The first kappa shape index (κ1) is 23.2. The maximum Gasteiger partial charge on any atom is 0.289 e. The molecule has 9 nitrogen and oxygen atoms in total. The summed E-state index contributed by atoms with van der Waals surface area (Å²) in [6.45, 7) is 8.46. The van der Waals surface area contributed by atoms with Crippen molar-refractivity contribution >= 4 is 39.9 Å². The van der Waals surface area contributed by atoms with E-state index in [1.54, 1.807) is 10.1 Å². The van der Waals surface area contributed by atoms with Crippen LogP contribution in [0.4, 0.5) is 5.13 Å². The predicted octanol–water partition coefficient (Wildman–Crippen LogP) is 2.75. The number of morpholine rings is 1. The summed E-state index contributed by atoms with van der Waals surface area (Å²) in [6.07, 6.45) is 0.0770. The number of thiazole rings is 1. The van der Waals surface area contributed by atoms with Crippen molar-refractivity contribution < 1.29 is 14.3 Å². The SMILES string of the molecule is Cc1ccc(-n2nc(C)c(CC(=O)NNC(=O)c3csc(N4CCOCC4)n3)c2C)cc1Cl. The molecule has 0 saturated carbocycles. The van der Waals surface area contributed by atoms with Crippen LogP contribution in [0, 0.1) is 20.8 Å². The lowest BCUT2D eigenvalue weighted by atomic mass is 10.1. The molecule has 0 spiro atoms. The average Bonchev–Trinajstić information content (AvgIpc) is 3.41. The monoisotopic (exact) mass is 488 g/mol. The molecule has 2 aromatic heterocycles. The van der Waals surface area contributed by atoms with Gasteiger partial charge in [0.1, 0.15) is 5.69 Å². The molecule has 0 bridgehead atoms. The molecule has 11 heteroatoms. The second-order valence-corrected chi connectivity index (χ2v) is 9.03. The fourth-order valence-corrected chi connectivity index (χ4v) is 4.59. The highest BCUT2D eigenvalue weighted by Crippen LogP contribution is 2.23. The quantitative estimate of drug-likeness (QED) is 0.535. The number of aryl methyl sites for hydroxylation is 2. The van der Waals surface area contributed by atoms with E-state index in [9.17, 15) is 9.59 Å². The summed E-state index contributed by atoms with van der Waals surface area (Å²) >= 11 is 7.65. The molecule has 3 aromatic rings. The highest BCUT2D eigenvalue weighted by atomic mass is 35.5. The van der Waals surface area contributed by atoms with Crippen LogP contribution in [0.2, 0.25) is 5.02 Å². The van der Waals surface area contributed by atoms with Crippen LogP contribution in [0.1, 0.15) is 33.0 Å². The zero-order valence-electron chi connectivity index (χ0n) is 18.6. The molecule has 1 fully saturated rings. The van der Waals surface area contributed by atoms with E-state index < -0.39 is 5.91 Å². The van der Waals surface area contributed by atoms with Crippen molar-refractivity contribution in [2.75, 3.05) is 31.2 Å². The van der Waals surface area contributed by atoms with E-state index in [2.05, 4.69) is 25.8 Å². The number of ether oxygens (including phenoxy) is 1. The molecule has 1 aromatic carbocycles. The van der Waals surface area contributed by atoms with Crippen LogP contribution in [-0.4, -0.2) is 52.9 Å². The molecule has 1 saturated heterocycles. The minimum atomic E-state index is -0.461. The number of hydrogen-bond donors (Lipinski definition) is 2. The van der Waals surface area contributed by atoms with Gasteiger partial charge in [0.25, 0.3) is 5.91 Å². The topological polar surface area (TPSA) is 101 Å². The molecule has 2 amide bonds. The lowest BCUT2D eigenvalue weighted by molar-refractivity contribution is -0.121. The van der Waals surface area contributed by atoms with Gasteiger partial charge in [0.05, 0.1) is 31.0 Å². The third-order valence-corrected chi connectivity index (χ3v) is 6.81. The Hall–Kier alpha value is -2.95. The highest BCUT2D eigenvalue weighted by molar-refractivity contribution is 7.13. The zero-order chi connectivity index (χ0) is 23.5. The Morgan fingerprint density at radius 1 is 1.18 bits per heavy atom. The molecule has 33 heavy (non-hydrogen) atoms. The number of carbonyl (C=O) groups is 2. The van der Waals surface area contributed by atoms with Crippen molar-refractivity contribution in [1.82, 2.24) is 25.6 Å². The molecular weight excluding hydrogens is 464 g/mol. The predicted molar refractivity (Wildman–Crippen MR) is 127 cm³/mol. The van der Waals surface area contributed by atoms with Gasteiger partial charge in [-0.15, -0.1) is 11.3 Å². The molecule has 3 heterocycles. The van der Waals surface area contributed by atoms with Gasteiger partial charge in [-0.25, -0.2) is 9.67 Å². The number of hydrogen-bond acceptors (Lipinski definition) is 7. The van der Waals surface area contributed by atoms with Gasteiger partial charge in [0.2, 0.25) is 5.91 Å². The van der Waals surface area contributed by atoms with Crippen LogP contribution < -0.4 is 15.8 Å². The van der Waals surface area contributed by atoms with Crippen molar-refractivity contribution in [3.8, 4) is 5.69 Å². The van der Waals surface area contributed by atoms with Crippen molar-refractivity contribution in [3.05, 3.63) is 56.8 Å². The normalized spacial score (nSPS) is 13.8. The Labute approximate surface area is 200 Å². The largest absolute Gasteiger partial charge is 0.378 e. The Morgan fingerprint density at radius 2 is 1.94 bits per heavy atom. The van der Waals surface area contributed by atoms with E-state index in [1.807, 2.05) is 39.0 Å². The number of amides is 2. The molecule has 0 unspecified atom stereocenters. The van der Waals surface area contributed by atoms with Crippen LogP contribution in [-0.2, 0) is 16.0 Å². The van der Waals surface area contributed by atoms with Crippen LogP contribution in [0.3, 0.4) is 0 Å². The number of carbonyl (C=O) groups excluding carboxylic acids is 2. The minimum Gasteiger partial charge on any atom is -0.378 e. The number of nitrogens with zero attached hydrogens (tertiary/aromatic N) is 4. The van der Waals surface area contributed by atoms with Crippen LogP contribution >= 0.6 is 22.9 Å². The second kappa shape index (κ2) is 9.90. The minimum absolute atomic E-state index is 0.0770. The lowest BCUT2D eigenvalue weighted by Crippen LogP contribution is -2.42. The van der Waals surface area contributed by atoms with Crippen molar-refractivity contribution in [2.24, 2.45) is 0 Å². The molecule has 0 aliphatic carbocycles. The number of anilines is 1. The summed E-state index contributed by atoms with van der Waals surface area (Å²) in [5.74, 6) is -0.808. The van der Waals surface area contributed by atoms with Gasteiger partial charge < -0.3 is 9.64 Å². The summed E-state index contributed by atoms with van der Waals surface area (Å²) in [5, 5.41) is 7.66. The van der Waals surface area contributed by atoms with Crippen LogP contribution in [0.25, 0.3) is 5.69 Å². The van der Waals surface area contributed by atoms with E-state index in [1.165, 1.54) is 11.3 Å². The van der Waals surface area contributed by atoms with Crippen molar-refractivity contribution in [3.63, 3.8) is 0 Å². The van der Waals surface area contributed by atoms with Gasteiger partial charge >= 0.3 is 0 Å². The summed E-state index contributed by atoms with van der Waals surface area (Å²) < 4.78 is 7.11. The Kier molecular flexibility index (Phi) is 6.96. The third kappa shape index (κ3) is 5.18. The van der Waals surface area contributed by atoms with Crippen molar-refractivity contribution in [2.45, 2.75) is 27.2 Å². The van der Waals surface area contributed by atoms with Gasteiger partial charge in [-0.2, -0.15) is 5.10 Å². The molecular formula is C22H25ClN6O3S. The van der Waals surface area contributed by atoms with Gasteiger partial charge in [-0.05, 0) is 38.5 Å². The zero-order valence-corrected chi connectivity index (χ0v) is 20.2. The lowest BCUT2D eigenvalue weighted by Gasteiger charge is -2.25. The maximum atomic E-state index is 12.5. The summed E-state index contributed by atoms with van der Waals surface area (Å²) in [5.41, 5.74) is 9.35. The standard InChI is InChI=1S/C22H25ClN6O3S/c1-13-4-5-16(10-18(13)23)29-15(3)17(14(2)27-29)11-20(30)25-26-21(31)19-12-33-22(24-19)28-6-8-32-9-7-28/h4-5,10,12H,6-9,11H2,1-3H3,(H,25,30)(H,26,31). The Bertz CT molecular complexity index is 1190. The van der Waals surface area contributed by atoms with Crippen molar-refractivity contribution in [1.29, 1.82) is 0 Å². The number of aromatic nitrogens is 3. The van der Waals surface area contributed by atoms with E-state index in [0.717, 1.165) is 46.4 Å². The van der Waals surface area contributed by atoms with E-state index in [0.29, 0.717) is 18.2 Å². The third-order valence-electron chi connectivity index (χ3n) is 5.50. The average molecular weight is 489 g/mol. The van der Waals surface area contributed by atoms with E-state index in [4.69, 9.17) is 16.3 Å². The Morgan fingerprint density at radius 3 is 2.67 bits per heavy atom. The number of benzene rings is 1. The van der Waals surface area contributed by atoms with Crippen LogP contribution in [0.5, 0.6) is 0 Å². The summed E-state index contributed by atoms with van der Waals surface area (Å²) in [4.78, 5) is 31.4. The molecule has 0 atom stereocenters. The number of halogens is 1. The number of hydrazine groups is 1. The van der Waals surface area contributed by atoms with E-state index >= 15 is 0 Å². The summed E-state index contributed by atoms with van der Waals surface area (Å²) in [7, 11) is 0. The van der Waals surface area contributed by atoms with Gasteiger partial charge in [-0.3, -0.25) is 20.4 Å². The fourth-order valence-electron chi connectivity index (χ4n) is 3.56. The first-order valence-electron chi connectivity index (χ1n) is 10.5. The molecule has 4 rings (SSSR count). The highest BCUT2D eigenvalue weighted by Gasteiger charge is 2.19. The molecule has 2 N–H and O–H groups in total. The molecule has 0 radical (unpaired) electrons. The van der Waals surface area contributed by atoms with Crippen LogP contribution in [0.15, 0.2) is 23.6 Å². The number of rotatable bonds is 5. The molecule has 174 valence electrons. The first-order valence-corrected chi connectivity index (χ1v) is 11.8. The van der Waals surface area contributed by atoms with E-state index in [-0.39, 0.29) is 18.0 Å². The number of nitrogens with one attached hydrogen (secondary N) is 2. The first-order chi connectivity index (χ1) is 15.8. The van der Waals surface area contributed by atoms with Gasteiger partial charge in [0, 0.05) is 34.7 Å². The fraction of sp³-hybridized carbons (Fsp3) is 0.364. The second-order valence-electron chi connectivity index (χ2n) is 7.79. The summed E-state index contributed by atoms with van der Waals surface area (Å²) in [6, 6.07) is 5.71. The Balaban J connectivity index is 1.37. The van der Waals surface area contributed by atoms with Gasteiger partial charge in [-0.1, -0.05) is 17.7 Å². The molecule has 1 aliphatic heterocycles. The van der Waals surface area contributed by atoms with Gasteiger partial charge in [0.15, 0.2) is 5.13 Å².